The number of hydrogen-bond donors (Lipinski definition) is 2. The van der Waals surface area contributed by atoms with Gasteiger partial charge < -0.3 is 10.4 Å². The number of halogens is 2. The van der Waals surface area contributed by atoms with Crippen LogP contribution in [0, 0.1) is 0 Å². The summed E-state index contributed by atoms with van der Waals surface area (Å²) in [5, 5.41) is 12.0. The fourth-order valence-corrected chi connectivity index (χ4v) is 1.69. The third kappa shape index (κ3) is 4.29. The molecule has 0 amide bonds. The second-order valence-electron chi connectivity index (χ2n) is 3.81. The molecule has 0 aliphatic carbocycles. The maximum Gasteiger partial charge on any atom is 0.304 e. The van der Waals surface area contributed by atoms with Gasteiger partial charge in [0.2, 0.25) is 0 Å². The van der Waals surface area contributed by atoms with Gasteiger partial charge in [0.05, 0.1) is 22.5 Å². The van der Waals surface area contributed by atoms with E-state index in [-0.39, 0.29) is 18.7 Å². The zero-order chi connectivity index (χ0) is 13.7. The van der Waals surface area contributed by atoms with Crippen molar-refractivity contribution >= 4 is 35.0 Å². The number of rotatable bonds is 6. The van der Waals surface area contributed by atoms with Crippen molar-refractivity contribution in [1.29, 1.82) is 0 Å². The van der Waals surface area contributed by atoms with Crippen LogP contribution in [0.25, 0.3) is 0 Å². The van der Waals surface area contributed by atoms with Gasteiger partial charge in [0.1, 0.15) is 0 Å². The van der Waals surface area contributed by atoms with Gasteiger partial charge in [0.25, 0.3) is 0 Å². The molecule has 6 heteroatoms. The zero-order valence-corrected chi connectivity index (χ0v) is 11.3. The van der Waals surface area contributed by atoms with Crippen LogP contribution < -0.4 is 5.32 Å². The number of nitrogens with one attached hydrogen (secondary N) is 1. The summed E-state index contributed by atoms with van der Waals surface area (Å²) in [6, 6.07) is 4.18. The van der Waals surface area contributed by atoms with Gasteiger partial charge in [-0.25, -0.2) is 0 Å². The van der Waals surface area contributed by atoms with Crippen LogP contribution in [0.5, 0.6) is 0 Å². The number of carboxylic acids is 1. The summed E-state index contributed by atoms with van der Waals surface area (Å²) in [7, 11) is 0. The number of carboxylic acid groups (broad SMARTS) is 1. The topological polar surface area (TPSA) is 66.4 Å². The Labute approximate surface area is 115 Å². The third-order valence-corrected chi connectivity index (χ3v) is 3.13. The van der Waals surface area contributed by atoms with E-state index < -0.39 is 12.0 Å². The summed E-state index contributed by atoms with van der Waals surface area (Å²) in [5.41, 5.74) is 0.444. The number of Topliss-reactive ketones (excluding diaryl/α,β-unsaturated/α-hetero) is 1. The van der Waals surface area contributed by atoms with Crippen molar-refractivity contribution in [2.24, 2.45) is 0 Å². The molecule has 0 heterocycles. The van der Waals surface area contributed by atoms with Gasteiger partial charge in [-0.1, -0.05) is 23.2 Å². The molecule has 0 fully saturated rings. The highest BCUT2D eigenvalue weighted by atomic mass is 35.5. The number of hydrogen-bond acceptors (Lipinski definition) is 3. The lowest BCUT2D eigenvalue weighted by Gasteiger charge is -2.12. The molecule has 0 aromatic heterocycles. The lowest BCUT2D eigenvalue weighted by atomic mass is 10.1. The Balaban J connectivity index is 2.62. The minimum absolute atomic E-state index is 0.0288. The highest BCUT2D eigenvalue weighted by molar-refractivity contribution is 6.42. The van der Waals surface area contributed by atoms with Crippen molar-refractivity contribution < 1.29 is 14.7 Å². The van der Waals surface area contributed by atoms with Crippen molar-refractivity contribution in [1.82, 2.24) is 5.32 Å². The molecule has 1 atom stereocenters. The minimum Gasteiger partial charge on any atom is -0.481 e. The average Bonchev–Trinajstić information content (AvgIpc) is 2.31. The van der Waals surface area contributed by atoms with E-state index in [2.05, 4.69) is 5.32 Å². The first-order valence-corrected chi connectivity index (χ1v) is 6.12. The lowest BCUT2D eigenvalue weighted by Crippen LogP contribution is -2.35. The Kier molecular flexibility index (Phi) is 5.59. The molecule has 0 aliphatic rings. The van der Waals surface area contributed by atoms with Gasteiger partial charge in [-0.05, 0) is 25.1 Å². The molecule has 0 radical (unpaired) electrons. The van der Waals surface area contributed by atoms with Gasteiger partial charge >= 0.3 is 5.97 Å². The summed E-state index contributed by atoms with van der Waals surface area (Å²) in [4.78, 5) is 22.3. The van der Waals surface area contributed by atoms with Crippen molar-refractivity contribution in [2.75, 3.05) is 6.54 Å². The summed E-state index contributed by atoms with van der Waals surface area (Å²) in [5.74, 6) is -1.06. The summed E-state index contributed by atoms with van der Waals surface area (Å²) in [6.45, 7) is 1.91. The highest BCUT2D eigenvalue weighted by Crippen LogP contribution is 2.23. The highest BCUT2D eigenvalue weighted by Gasteiger charge is 2.15. The van der Waals surface area contributed by atoms with E-state index in [9.17, 15) is 9.59 Å². The van der Waals surface area contributed by atoms with Gasteiger partial charge in [-0.15, -0.1) is 0 Å². The Hall–Kier alpha value is -1.10. The van der Waals surface area contributed by atoms with Crippen molar-refractivity contribution in [2.45, 2.75) is 19.4 Å². The first-order valence-electron chi connectivity index (χ1n) is 5.36. The smallest absolute Gasteiger partial charge is 0.304 e. The molecule has 0 saturated carbocycles. The molecule has 98 valence electrons. The van der Waals surface area contributed by atoms with E-state index in [0.29, 0.717) is 15.6 Å². The fourth-order valence-electron chi connectivity index (χ4n) is 1.39. The van der Waals surface area contributed by atoms with Crippen molar-refractivity contribution in [3.63, 3.8) is 0 Å². The number of aliphatic carboxylic acids is 1. The zero-order valence-electron chi connectivity index (χ0n) is 9.74. The van der Waals surface area contributed by atoms with Crippen LogP contribution in [0.1, 0.15) is 23.7 Å². The quantitative estimate of drug-likeness (QED) is 0.790. The summed E-state index contributed by atoms with van der Waals surface area (Å²) < 4.78 is 0. The molecule has 2 N–H and O–H groups in total. The molecule has 1 unspecified atom stereocenters. The van der Waals surface area contributed by atoms with Gasteiger partial charge in [-0.3, -0.25) is 9.59 Å². The van der Waals surface area contributed by atoms with E-state index in [0.717, 1.165) is 0 Å². The predicted molar refractivity (Wildman–Crippen MR) is 70.5 cm³/mol. The number of ketones is 1. The number of carbonyl (C=O) groups excluding carboxylic acids is 1. The Morgan fingerprint density at radius 1 is 1.33 bits per heavy atom. The van der Waals surface area contributed by atoms with E-state index in [1.807, 2.05) is 0 Å². The molecule has 0 aliphatic heterocycles. The summed E-state index contributed by atoms with van der Waals surface area (Å²) in [6.07, 6.45) is -0.0288. The van der Waals surface area contributed by atoms with Crippen LogP contribution in [0.4, 0.5) is 0 Å². The maximum absolute atomic E-state index is 12.0. The molecule has 0 spiro atoms. The van der Waals surface area contributed by atoms with E-state index in [4.69, 9.17) is 28.3 Å². The van der Waals surface area contributed by atoms with Gasteiger partial charge in [0.15, 0.2) is 5.78 Å². The maximum atomic E-state index is 12.0. The molecule has 1 rings (SSSR count). The molecule has 0 saturated heterocycles. The van der Waals surface area contributed by atoms with Crippen LogP contribution in [0.15, 0.2) is 18.2 Å². The van der Waals surface area contributed by atoms with Gasteiger partial charge in [-0.2, -0.15) is 0 Å². The predicted octanol–water partition coefficient (Wildman–Crippen LogP) is 2.63. The summed E-state index contributed by atoms with van der Waals surface area (Å²) >= 11 is 11.6. The van der Waals surface area contributed by atoms with Crippen LogP contribution in [0.3, 0.4) is 0 Å². The normalized spacial score (nSPS) is 12.2. The minimum atomic E-state index is -0.906. The third-order valence-electron chi connectivity index (χ3n) is 2.39. The largest absolute Gasteiger partial charge is 0.481 e. The van der Waals surface area contributed by atoms with Gasteiger partial charge in [0, 0.05) is 12.1 Å². The monoisotopic (exact) mass is 289 g/mol. The molecule has 0 bridgehead atoms. The standard InChI is InChI=1S/C12H13Cl2NO3/c1-7(15-5-4-11(16)17)12(18)8-2-3-9(13)10(14)6-8/h2-3,6-7,15H,4-5H2,1H3,(H,16,17). The fraction of sp³-hybridized carbons (Fsp3) is 0.333. The Morgan fingerprint density at radius 3 is 2.56 bits per heavy atom. The molecule has 18 heavy (non-hydrogen) atoms. The SMILES string of the molecule is CC(NCCC(=O)O)C(=O)c1ccc(Cl)c(Cl)c1. The molecular formula is C12H13Cl2NO3. The number of carbonyl (C=O) groups is 2. The second kappa shape index (κ2) is 6.73. The Morgan fingerprint density at radius 2 is 2.00 bits per heavy atom. The molecular weight excluding hydrogens is 277 g/mol. The van der Waals surface area contributed by atoms with Crippen molar-refractivity contribution in [3.8, 4) is 0 Å². The van der Waals surface area contributed by atoms with Crippen LogP contribution in [-0.2, 0) is 4.79 Å². The van der Waals surface area contributed by atoms with E-state index >= 15 is 0 Å². The first kappa shape index (κ1) is 15.0. The molecule has 4 nitrogen and oxygen atoms in total. The number of benzene rings is 1. The lowest BCUT2D eigenvalue weighted by molar-refractivity contribution is -0.136. The molecule has 1 aromatic carbocycles. The van der Waals surface area contributed by atoms with Crippen molar-refractivity contribution in [3.05, 3.63) is 33.8 Å². The van der Waals surface area contributed by atoms with Crippen LogP contribution in [0.2, 0.25) is 10.0 Å². The Bertz CT molecular complexity index is 463. The van der Waals surface area contributed by atoms with E-state index in [1.165, 1.54) is 6.07 Å². The molecule has 1 aromatic rings. The first-order chi connectivity index (χ1) is 8.41. The average molecular weight is 290 g/mol. The van der Waals surface area contributed by atoms with Crippen LogP contribution in [-0.4, -0.2) is 29.4 Å². The van der Waals surface area contributed by atoms with Crippen LogP contribution >= 0.6 is 23.2 Å². The second-order valence-corrected chi connectivity index (χ2v) is 4.63. The van der Waals surface area contributed by atoms with E-state index in [1.54, 1.807) is 19.1 Å².